The van der Waals surface area contributed by atoms with E-state index in [1.807, 2.05) is 26.0 Å². The lowest BCUT2D eigenvalue weighted by Crippen LogP contribution is -2.26. The van der Waals surface area contributed by atoms with Crippen molar-refractivity contribution in [1.29, 1.82) is 5.26 Å². The van der Waals surface area contributed by atoms with Crippen molar-refractivity contribution in [3.63, 3.8) is 0 Å². The number of aromatic amines is 1. The SMILES string of the molecule is COC(C)(C)Cc1nc2ccc(C#N)cc2[nH]1. The van der Waals surface area contributed by atoms with Crippen LogP contribution in [0.3, 0.4) is 0 Å². The first-order valence-electron chi connectivity index (χ1n) is 5.48. The van der Waals surface area contributed by atoms with E-state index in [2.05, 4.69) is 16.0 Å². The largest absolute Gasteiger partial charge is 0.378 e. The van der Waals surface area contributed by atoms with Gasteiger partial charge in [-0.15, -0.1) is 0 Å². The van der Waals surface area contributed by atoms with Crippen LogP contribution in [0.2, 0.25) is 0 Å². The van der Waals surface area contributed by atoms with Crippen LogP contribution in [0.25, 0.3) is 11.0 Å². The molecule has 0 aliphatic carbocycles. The van der Waals surface area contributed by atoms with Crippen LogP contribution in [0.1, 0.15) is 25.2 Å². The average Bonchev–Trinajstić information content (AvgIpc) is 2.68. The quantitative estimate of drug-likeness (QED) is 0.879. The highest BCUT2D eigenvalue weighted by Gasteiger charge is 2.19. The Labute approximate surface area is 100 Å². The molecule has 0 saturated heterocycles. The molecule has 0 atom stereocenters. The first-order valence-corrected chi connectivity index (χ1v) is 5.48. The number of imidazole rings is 1. The van der Waals surface area contributed by atoms with Crippen molar-refractivity contribution in [1.82, 2.24) is 9.97 Å². The zero-order valence-electron chi connectivity index (χ0n) is 10.2. The van der Waals surface area contributed by atoms with Gasteiger partial charge in [-0.2, -0.15) is 5.26 Å². The van der Waals surface area contributed by atoms with Gasteiger partial charge in [0.1, 0.15) is 5.82 Å². The molecule has 17 heavy (non-hydrogen) atoms. The number of nitrogens with zero attached hydrogens (tertiary/aromatic N) is 2. The molecule has 0 saturated carbocycles. The summed E-state index contributed by atoms with van der Waals surface area (Å²) < 4.78 is 5.37. The summed E-state index contributed by atoms with van der Waals surface area (Å²) >= 11 is 0. The van der Waals surface area contributed by atoms with E-state index in [1.165, 1.54) is 0 Å². The fourth-order valence-electron chi connectivity index (χ4n) is 1.69. The van der Waals surface area contributed by atoms with Gasteiger partial charge in [0.25, 0.3) is 0 Å². The molecule has 1 heterocycles. The molecule has 0 bridgehead atoms. The Morgan fingerprint density at radius 1 is 1.47 bits per heavy atom. The number of benzene rings is 1. The number of aromatic nitrogens is 2. The third-order valence-corrected chi connectivity index (χ3v) is 2.81. The second kappa shape index (κ2) is 4.19. The molecule has 0 unspecified atom stereocenters. The number of fused-ring (bicyclic) bond motifs is 1. The lowest BCUT2D eigenvalue weighted by molar-refractivity contribution is 0.0218. The highest BCUT2D eigenvalue weighted by molar-refractivity contribution is 5.76. The van der Waals surface area contributed by atoms with Crippen molar-refractivity contribution in [3.05, 3.63) is 29.6 Å². The van der Waals surface area contributed by atoms with Gasteiger partial charge in [-0.05, 0) is 32.0 Å². The van der Waals surface area contributed by atoms with Crippen LogP contribution in [0.4, 0.5) is 0 Å². The first kappa shape index (κ1) is 11.6. The lowest BCUT2D eigenvalue weighted by Gasteiger charge is -2.21. The molecule has 1 aromatic carbocycles. The fourth-order valence-corrected chi connectivity index (χ4v) is 1.69. The van der Waals surface area contributed by atoms with Crippen molar-refractivity contribution < 1.29 is 4.74 Å². The van der Waals surface area contributed by atoms with Crippen LogP contribution in [0, 0.1) is 11.3 Å². The summed E-state index contributed by atoms with van der Waals surface area (Å²) in [6.45, 7) is 4.03. The second-order valence-electron chi connectivity index (χ2n) is 4.67. The maximum Gasteiger partial charge on any atom is 0.110 e. The molecule has 0 fully saturated rings. The zero-order chi connectivity index (χ0) is 12.5. The first-order chi connectivity index (χ1) is 8.04. The van der Waals surface area contributed by atoms with E-state index >= 15 is 0 Å². The Bertz CT molecular complexity index is 578. The second-order valence-corrected chi connectivity index (χ2v) is 4.67. The predicted octanol–water partition coefficient (Wildman–Crippen LogP) is 2.40. The molecule has 4 heteroatoms. The van der Waals surface area contributed by atoms with Crippen LogP contribution in [-0.4, -0.2) is 22.7 Å². The van der Waals surface area contributed by atoms with Gasteiger partial charge in [-0.1, -0.05) is 0 Å². The van der Waals surface area contributed by atoms with Gasteiger partial charge in [0.2, 0.25) is 0 Å². The summed E-state index contributed by atoms with van der Waals surface area (Å²) in [4.78, 5) is 7.69. The smallest absolute Gasteiger partial charge is 0.110 e. The Morgan fingerprint density at radius 3 is 2.88 bits per heavy atom. The standard InChI is InChI=1S/C13H15N3O/c1-13(2,17-3)7-12-15-10-5-4-9(8-14)6-11(10)16-12/h4-6H,7H2,1-3H3,(H,15,16). The molecule has 0 aliphatic heterocycles. The van der Waals surface area contributed by atoms with Crippen molar-refractivity contribution in [3.8, 4) is 6.07 Å². The number of rotatable bonds is 3. The van der Waals surface area contributed by atoms with Crippen LogP contribution >= 0.6 is 0 Å². The fraction of sp³-hybridized carbons (Fsp3) is 0.385. The van der Waals surface area contributed by atoms with Gasteiger partial charge in [-0.25, -0.2) is 4.98 Å². The van der Waals surface area contributed by atoms with E-state index in [0.717, 1.165) is 16.9 Å². The number of nitrogens with one attached hydrogen (secondary N) is 1. The molecule has 1 N–H and O–H groups in total. The number of ether oxygens (including phenoxy) is 1. The molecular weight excluding hydrogens is 214 g/mol. The lowest BCUT2D eigenvalue weighted by atomic mass is 10.1. The van der Waals surface area contributed by atoms with Crippen molar-refractivity contribution >= 4 is 11.0 Å². The summed E-state index contributed by atoms with van der Waals surface area (Å²) in [5.41, 5.74) is 2.17. The third-order valence-electron chi connectivity index (χ3n) is 2.81. The normalized spacial score (nSPS) is 11.6. The monoisotopic (exact) mass is 229 g/mol. The van der Waals surface area contributed by atoms with Gasteiger partial charge in [-0.3, -0.25) is 0 Å². The predicted molar refractivity (Wildman–Crippen MR) is 65.6 cm³/mol. The Hall–Kier alpha value is -1.86. The van der Waals surface area contributed by atoms with Gasteiger partial charge in [0, 0.05) is 13.5 Å². The third kappa shape index (κ3) is 2.45. The topological polar surface area (TPSA) is 61.7 Å². The summed E-state index contributed by atoms with van der Waals surface area (Å²) in [7, 11) is 1.69. The molecule has 2 rings (SSSR count). The van der Waals surface area contributed by atoms with Crippen molar-refractivity contribution in [2.24, 2.45) is 0 Å². The number of hydrogen-bond donors (Lipinski definition) is 1. The highest BCUT2D eigenvalue weighted by atomic mass is 16.5. The number of H-pyrrole nitrogens is 1. The van der Waals surface area contributed by atoms with E-state index in [0.29, 0.717) is 12.0 Å². The van der Waals surface area contributed by atoms with Gasteiger partial charge in [0.05, 0.1) is 28.3 Å². The zero-order valence-corrected chi connectivity index (χ0v) is 10.2. The van der Waals surface area contributed by atoms with E-state index in [4.69, 9.17) is 10.00 Å². The molecule has 2 aromatic rings. The van der Waals surface area contributed by atoms with E-state index in [1.54, 1.807) is 13.2 Å². The van der Waals surface area contributed by atoms with Crippen molar-refractivity contribution in [2.75, 3.05) is 7.11 Å². The minimum Gasteiger partial charge on any atom is -0.378 e. The summed E-state index contributed by atoms with van der Waals surface area (Å²) in [5.74, 6) is 0.877. The van der Waals surface area contributed by atoms with Crippen LogP contribution in [0.15, 0.2) is 18.2 Å². The molecule has 0 aliphatic rings. The molecular formula is C13H15N3O. The summed E-state index contributed by atoms with van der Waals surface area (Å²) in [6, 6.07) is 7.55. The number of hydrogen-bond acceptors (Lipinski definition) is 3. The van der Waals surface area contributed by atoms with E-state index in [9.17, 15) is 0 Å². The number of methoxy groups -OCH3 is 1. The van der Waals surface area contributed by atoms with Gasteiger partial charge >= 0.3 is 0 Å². The Balaban J connectivity index is 2.35. The van der Waals surface area contributed by atoms with Gasteiger partial charge < -0.3 is 9.72 Å². The minimum absolute atomic E-state index is 0.244. The average molecular weight is 229 g/mol. The maximum atomic E-state index is 8.82. The van der Waals surface area contributed by atoms with Crippen LogP contribution in [0.5, 0.6) is 0 Å². The van der Waals surface area contributed by atoms with Crippen LogP contribution in [-0.2, 0) is 11.2 Å². The van der Waals surface area contributed by atoms with Crippen LogP contribution < -0.4 is 0 Å². The Morgan fingerprint density at radius 2 is 2.24 bits per heavy atom. The van der Waals surface area contributed by atoms with E-state index in [-0.39, 0.29) is 5.60 Å². The molecule has 1 aromatic heterocycles. The Kier molecular flexibility index (Phi) is 2.86. The summed E-state index contributed by atoms with van der Waals surface area (Å²) in [6.07, 6.45) is 0.708. The molecule has 0 spiro atoms. The molecule has 0 amide bonds. The number of nitriles is 1. The van der Waals surface area contributed by atoms with Crippen molar-refractivity contribution in [2.45, 2.75) is 25.9 Å². The molecule has 88 valence electrons. The van der Waals surface area contributed by atoms with E-state index < -0.39 is 0 Å². The van der Waals surface area contributed by atoms with Gasteiger partial charge in [0.15, 0.2) is 0 Å². The summed E-state index contributed by atoms with van der Waals surface area (Å²) in [5, 5.41) is 8.82. The minimum atomic E-state index is -0.244. The maximum absolute atomic E-state index is 8.82. The molecule has 0 radical (unpaired) electrons. The molecule has 4 nitrogen and oxygen atoms in total. The highest BCUT2D eigenvalue weighted by Crippen LogP contribution is 2.18.